The van der Waals surface area contributed by atoms with Gasteiger partial charge in [0.15, 0.2) is 5.69 Å². The van der Waals surface area contributed by atoms with Crippen molar-refractivity contribution in [1.82, 2.24) is 14.7 Å². The van der Waals surface area contributed by atoms with Crippen LogP contribution in [0.25, 0.3) is 0 Å². The van der Waals surface area contributed by atoms with E-state index in [1.54, 1.807) is 18.7 Å². The molecule has 0 atom stereocenters. The summed E-state index contributed by atoms with van der Waals surface area (Å²) in [5.41, 5.74) is 1.97. The SMILES string of the molecule is CCOC(=O)c1nn(C)c(COc2ccc(N3CCN(C(=O)O)CC3)cc2)c1Br. The van der Waals surface area contributed by atoms with Gasteiger partial charge in [-0.15, -0.1) is 0 Å². The predicted octanol–water partition coefficient (Wildman–Crippen LogP) is 2.74. The molecule has 9 nitrogen and oxygen atoms in total. The van der Waals surface area contributed by atoms with Crippen LogP contribution in [-0.4, -0.2) is 64.6 Å². The number of aromatic nitrogens is 2. The van der Waals surface area contributed by atoms with Crippen molar-refractivity contribution in [2.45, 2.75) is 13.5 Å². The van der Waals surface area contributed by atoms with Gasteiger partial charge in [-0.2, -0.15) is 5.10 Å². The number of esters is 1. The topological polar surface area (TPSA) is 97.1 Å². The first-order valence-electron chi connectivity index (χ1n) is 9.25. The monoisotopic (exact) mass is 466 g/mol. The average Bonchev–Trinajstić information content (AvgIpc) is 3.01. The van der Waals surface area contributed by atoms with Crippen LogP contribution in [0.5, 0.6) is 5.75 Å². The molecule has 10 heteroatoms. The van der Waals surface area contributed by atoms with Crippen LogP contribution >= 0.6 is 15.9 Å². The van der Waals surface area contributed by atoms with Gasteiger partial charge in [0.05, 0.1) is 16.8 Å². The Bertz CT molecular complexity index is 875. The molecule has 1 fully saturated rings. The molecule has 0 unspecified atom stereocenters. The normalized spacial score (nSPS) is 14.0. The molecule has 0 saturated carbocycles. The number of amides is 1. The fraction of sp³-hybridized carbons (Fsp3) is 0.421. The minimum absolute atomic E-state index is 0.226. The van der Waals surface area contributed by atoms with Crippen LogP contribution in [0.3, 0.4) is 0 Å². The zero-order chi connectivity index (χ0) is 21.0. The summed E-state index contributed by atoms with van der Waals surface area (Å²) in [5, 5.41) is 13.2. The Kier molecular flexibility index (Phi) is 6.63. The first-order valence-corrected chi connectivity index (χ1v) is 10.0. The number of rotatable bonds is 6. The molecule has 1 amide bonds. The van der Waals surface area contributed by atoms with Gasteiger partial charge in [-0.25, -0.2) is 9.59 Å². The summed E-state index contributed by atoms with van der Waals surface area (Å²) in [6, 6.07) is 7.65. The molecule has 1 aliphatic heterocycles. The van der Waals surface area contributed by atoms with Crippen LogP contribution in [0, 0.1) is 0 Å². The number of ether oxygens (including phenoxy) is 2. The zero-order valence-corrected chi connectivity index (χ0v) is 17.9. The number of carboxylic acid groups (broad SMARTS) is 1. The highest BCUT2D eigenvalue weighted by molar-refractivity contribution is 9.10. The Morgan fingerprint density at radius 2 is 1.83 bits per heavy atom. The third kappa shape index (κ3) is 4.81. The predicted molar refractivity (Wildman–Crippen MR) is 109 cm³/mol. The molecule has 0 radical (unpaired) electrons. The first-order chi connectivity index (χ1) is 13.9. The molecule has 2 heterocycles. The first kappa shape index (κ1) is 21.0. The molecule has 29 heavy (non-hydrogen) atoms. The van der Waals surface area contributed by atoms with E-state index < -0.39 is 12.1 Å². The fourth-order valence-electron chi connectivity index (χ4n) is 3.08. The van der Waals surface area contributed by atoms with E-state index in [0.29, 0.717) is 36.4 Å². The van der Waals surface area contributed by atoms with Gasteiger partial charge in [-0.1, -0.05) is 0 Å². The van der Waals surface area contributed by atoms with Crippen LogP contribution in [0.15, 0.2) is 28.7 Å². The minimum atomic E-state index is -0.874. The molecule has 3 rings (SSSR count). The third-order valence-electron chi connectivity index (χ3n) is 4.70. The largest absolute Gasteiger partial charge is 0.487 e. The zero-order valence-electron chi connectivity index (χ0n) is 16.3. The van der Waals surface area contributed by atoms with E-state index in [4.69, 9.17) is 14.6 Å². The maximum Gasteiger partial charge on any atom is 0.407 e. The van der Waals surface area contributed by atoms with E-state index in [0.717, 1.165) is 11.4 Å². The molecule has 1 N–H and O–H groups in total. The molecule has 1 saturated heterocycles. The minimum Gasteiger partial charge on any atom is -0.487 e. The Morgan fingerprint density at radius 3 is 2.41 bits per heavy atom. The van der Waals surface area contributed by atoms with Gasteiger partial charge in [0.25, 0.3) is 0 Å². The number of anilines is 1. The molecule has 1 aliphatic rings. The lowest BCUT2D eigenvalue weighted by molar-refractivity contribution is 0.0517. The molecule has 1 aromatic carbocycles. The maximum atomic E-state index is 11.9. The summed E-state index contributed by atoms with van der Waals surface area (Å²) >= 11 is 3.41. The number of halogens is 1. The molecule has 1 aromatic heterocycles. The highest BCUT2D eigenvalue weighted by atomic mass is 79.9. The average molecular weight is 467 g/mol. The van der Waals surface area contributed by atoms with E-state index in [1.807, 2.05) is 24.3 Å². The van der Waals surface area contributed by atoms with Gasteiger partial charge in [0.1, 0.15) is 12.4 Å². The molecular weight excluding hydrogens is 444 g/mol. The van der Waals surface area contributed by atoms with Gasteiger partial charge in [-0.3, -0.25) is 4.68 Å². The number of hydrogen-bond acceptors (Lipinski definition) is 6. The number of hydrogen-bond donors (Lipinski definition) is 1. The highest BCUT2D eigenvalue weighted by Crippen LogP contribution is 2.25. The Hall–Kier alpha value is -2.75. The summed E-state index contributed by atoms with van der Waals surface area (Å²) in [6.07, 6.45) is -0.874. The van der Waals surface area contributed by atoms with Crippen molar-refractivity contribution in [3.05, 3.63) is 40.1 Å². The van der Waals surface area contributed by atoms with Gasteiger partial charge in [-0.05, 0) is 47.1 Å². The third-order valence-corrected chi connectivity index (χ3v) is 5.53. The summed E-state index contributed by atoms with van der Waals surface area (Å²) in [5.74, 6) is 0.206. The molecule has 2 aromatic rings. The van der Waals surface area contributed by atoms with E-state index in [1.165, 1.54) is 4.90 Å². The van der Waals surface area contributed by atoms with E-state index in [9.17, 15) is 9.59 Å². The number of carbonyl (C=O) groups excluding carboxylic acids is 1. The van der Waals surface area contributed by atoms with Crippen LogP contribution in [0.1, 0.15) is 23.1 Å². The Labute approximate surface area is 176 Å². The number of aryl methyl sites for hydroxylation is 1. The lowest BCUT2D eigenvalue weighted by atomic mass is 10.2. The van der Waals surface area contributed by atoms with E-state index in [2.05, 4.69) is 25.9 Å². The second kappa shape index (κ2) is 9.17. The molecule has 156 valence electrons. The summed E-state index contributed by atoms with van der Waals surface area (Å²) < 4.78 is 13.0. The van der Waals surface area contributed by atoms with Crippen LogP contribution in [0.4, 0.5) is 10.5 Å². The van der Waals surface area contributed by atoms with Crippen molar-refractivity contribution >= 4 is 33.7 Å². The lowest BCUT2D eigenvalue weighted by Crippen LogP contribution is -2.48. The van der Waals surface area contributed by atoms with Crippen molar-refractivity contribution in [2.24, 2.45) is 7.05 Å². The van der Waals surface area contributed by atoms with Gasteiger partial charge in [0.2, 0.25) is 0 Å². The molecule has 0 aliphatic carbocycles. The standard InChI is InChI=1S/C19H23BrN4O5/c1-3-28-18(25)17-16(20)15(22(2)21-17)12-29-14-6-4-13(5-7-14)23-8-10-24(11-9-23)19(26)27/h4-7H,3,8-12H2,1-2H3,(H,26,27). The van der Waals surface area contributed by atoms with Crippen molar-refractivity contribution in [1.29, 1.82) is 0 Å². The maximum absolute atomic E-state index is 11.9. The van der Waals surface area contributed by atoms with Crippen molar-refractivity contribution in [3.8, 4) is 5.75 Å². The summed E-state index contributed by atoms with van der Waals surface area (Å²) in [4.78, 5) is 26.5. The fourth-order valence-corrected chi connectivity index (χ4v) is 3.69. The number of nitrogens with zero attached hydrogens (tertiary/aromatic N) is 4. The number of carbonyl (C=O) groups is 2. The highest BCUT2D eigenvalue weighted by Gasteiger charge is 2.22. The second-order valence-electron chi connectivity index (χ2n) is 6.49. The summed E-state index contributed by atoms with van der Waals surface area (Å²) in [6.45, 7) is 4.56. The number of piperazine rings is 1. The smallest absolute Gasteiger partial charge is 0.407 e. The van der Waals surface area contributed by atoms with Gasteiger partial charge >= 0.3 is 12.1 Å². The molecule has 0 spiro atoms. The van der Waals surface area contributed by atoms with Crippen LogP contribution in [-0.2, 0) is 18.4 Å². The molecule has 0 bridgehead atoms. The second-order valence-corrected chi connectivity index (χ2v) is 7.29. The van der Waals surface area contributed by atoms with E-state index >= 15 is 0 Å². The Morgan fingerprint density at radius 1 is 1.17 bits per heavy atom. The Balaban J connectivity index is 1.60. The van der Waals surface area contributed by atoms with Crippen molar-refractivity contribution in [2.75, 3.05) is 37.7 Å². The number of benzene rings is 1. The van der Waals surface area contributed by atoms with Crippen LogP contribution in [0.2, 0.25) is 0 Å². The van der Waals surface area contributed by atoms with E-state index in [-0.39, 0.29) is 18.9 Å². The van der Waals surface area contributed by atoms with Crippen molar-refractivity contribution in [3.63, 3.8) is 0 Å². The van der Waals surface area contributed by atoms with Crippen molar-refractivity contribution < 1.29 is 24.2 Å². The molecular formula is C19H23BrN4O5. The quantitative estimate of drug-likeness (QED) is 0.653. The summed E-state index contributed by atoms with van der Waals surface area (Å²) in [7, 11) is 1.74. The van der Waals surface area contributed by atoms with Crippen LogP contribution < -0.4 is 9.64 Å². The van der Waals surface area contributed by atoms with Gasteiger partial charge in [0, 0.05) is 38.9 Å². The lowest BCUT2D eigenvalue weighted by Gasteiger charge is -2.34. The van der Waals surface area contributed by atoms with Gasteiger partial charge < -0.3 is 24.4 Å².